The predicted octanol–water partition coefficient (Wildman–Crippen LogP) is 4.50. The predicted molar refractivity (Wildman–Crippen MR) is 139 cm³/mol. The summed E-state index contributed by atoms with van der Waals surface area (Å²) in [5.74, 6) is 0.637. The summed E-state index contributed by atoms with van der Waals surface area (Å²) in [6, 6.07) is 19.3. The Morgan fingerprint density at radius 1 is 1.00 bits per heavy atom. The first-order valence-corrected chi connectivity index (χ1v) is 12.5. The minimum absolute atomic E-state index is 0.0939. The highest BCUT2D eigenvalue weighted by Crippen LogP contribution is 2.36. The van der Waals surface area contributed by atoms with E-state index in [0.717, 1.165) is 79.5 Å². The number of hydrogen-bond donors (Lipinski definition) is 0. The van der Waals surface area contributed by atoms with Crippen molar-refractivity contribution in [2.75, 3.05) is 49.6 Å². The summed E-state index contributed by atoms with van der Waals surface area (Å²) in [6.45, 7) is 4.59. The van der Waals surface area contributed by atoms with Gasteiger partial charge in [0.25, 0.3) is 0 Å². The van der Waals surface area contributed by atoms with Crippen LogP contribution in [0.15, 0.2) is 60.8 Å². The van der Waals surface area contributed by atoms with Gasteiger partial charge in [0.05, 0.1) is 29.2 Å². The number of nitriles is 1. The third-order valence-electron chi connectivity index (χ3n) is 7.39. The molecule has 8 heteroatoms. The molecule has 2 saturated heterocycles. The molecule has 6 rings (SSSR count). The maximum atomic E-state index is 13.9. The third kappa shape index (κ3) is 4.06. The molecule has 0 N–H and O–H groups in total. The van der Waals surface area contributed by atoms with Crippen LogP contribution in [0, 0.1) is 17.1 Å². The molecular formula is C28H28FN7. The number of likely N-dealkylation sites (N-methyl/N-ethyl adjacent to an activating group) is 1. The number of piperazine rings is 1. The molecular weight excluding hydrogens is 453 g/mol. The topological polar surface area (TPSA) is 63.7 Å². The van der Waals surface area contributed by atoms with Gasteiger partial charge in [0.1, 0.15) is 17.7 Å². The fourth-order valence-corrected chi connectivity index (χ4v) is 5.41. The van der Waals surface area contributed by atoms with Crippen LogP contribution in [0.3, 0.4) is 0 Å². The second-order valence-corrected chi connectivity index (χ2v) is 9.65. The molecule has 2 aliphatic heterocycles. The number of aromatic nitrogens is 3. The fraction of sp³-hybridized carbons (Fsp3) is 0.321. The van der Waals surface area contributed by atoms with Crippen LogP contribution < -0.4 is 9.80 Å². The summed E-state index contributed by atoms with van der Waals surface area (Å²) in [6.07, 6.45) is 3.83. The van der Waals surface area contributed by atoms with E-state index in [-0.39, 0.29) is 11.9 Å². The summed E-state index contributed by atoms with van der Waals surface area (Å²) in [7, 11) is 2.12. The van der Waals surface area contributed by atoms with Crippen molar-refractivity contribution < 1.29 is 4.39 Å². The SMILES string of the molecule is CN1CCN(c2cc(-c3cnc4ccc(N5CCCC5c5cccc(F)c5)nn34)ccc2C#N)CC1. The Bertz CT molecular complexity index is 1450. The zero-order valence-corrected chi connectivity index (χ0v) is 20.3. The van der Waals surface area contributed by atoms with Crippen molar-refractivity contribution in [1.82, 2.24) is 19.5 Å². The number of imidazole rings is 1. The van der Waals surface area contributed by atoms with Crippen LogP contribution >= 0.6 is 0 Å². The highest BCUT2D eigenvalue weighted by atomic mass is 19.1. The lowest BCUT2D eigenvalue weighted by atomic mass is 10.0. The Balaban J connectivity index is 1.37. The maximum absolute atomic E-state index is 13.9. The molecule has 2 aliphatic rings. The molecule has 0 saturated carbocycles. The van der Waals surface area contributed by atoms with Crippen molar-refractivity contribution in [2.24, 2.45) is 0 Å². The minimum Gasteiger partial charge on any atom is -0.368 e. The molecule has 2 aromatic carbocycles. The molecule has 4 aromatic rings. The van der Waals surface area contributed by atoms with Crippen molar-refractivity contribution in [2.45, 2.75) is 18.9 Å². The second kappa shape index (κ2) is 9.25. The van der Waals surface area contributed by atoms with E-state index in [1.165, 1.54) is 6.07 Å². The van der Waals surface area contributed by atoms with Gasteiger partial charge in [-0.15, -0.1) is 5.10 Å². The molecule has 0 bridgehead atoms. The molecule has 1 atom stereocenters. The van der Waals surface area contributed by atoms with Crippen molar-refractivity contribution >= 4 is 17.2 Å². The Morgan fingerprint density at radius 3 is 2.67 bits per heavy atom. The summed E-state index contributed by atoms with van der Waals surface area (Å²) >= 11 is 0. The van der Waals surface area contributed by atoms with Gasteiger partial charge in [-0.05, 0) is 61.9 Å². The second-order valence-electron chi connectivity index (χ2n) is 9.65. The molecule has 182 valence electrons. The van der Waals surface area contributed by atoms with E-state index >= 15 is 0 Å². The van der Waals surface area contributed by atoms with Crippen molar-refractivity contribution in [3.05, 3.63) is 77.7 Å². The van der Waals surface area contributed by atoms with Gasteiger partial charge in [0, 0.05) is 38.3 Å². The van der Waals surface area contributed by atoms with Crippen LogP contribution in [-0.4, -0.2) is 59.3 Å². The van der Waals surface area contributed by atoms with Crippen molar-refractivity contribution in [3.8, 4) is 17.3 Å². The van der Waals surface area contributed by atoms with Gasteiger partial charge in [-0.2, -0.15) is 5.26 Å². The Labute approximate surface area is 210 Å². The van der Waals surface area contributed by atoms with Crippen molar-refractivity contribution in [1.29, 1.82) is 5.26 Å². The lowest BCUT2D eigenvalue weighted by molar-refractivity contribution is 0.313. The zero-order valence-electron chi connectivity index (χ0n) is 20.3. The maximum Gasteiger partial charge on any atom is 0.154 e. The molecule has 36 heavy (non-hydrogen) atoms. The Hall–Kier alpha value is -3.96. The number of benzene rings is 2. The van der Waals surface area contributed by atoms with Crippen LogP contribution in [0.2, 0.25) is 0 Å². The van der Waals surface area contributed by atoms with Crippen LogP contribution in [0.25, 0.3) is 16.9 Å². The van der Waals surface area contributed by atoms with Gasteiger partial charge in [-0.1, -0.05) is 18.2 Å². The molecule has 7 nitrogen and oxygen atoms in total. The number of rotatable bonds is 4. The van der Waals surface area contributed by atoms with Gasteiger partial charge in [-0.25, -0.2) is 13.9 Å². The molecule has 0 radical (unpaired) electrons. The van der Waals surface area contributed by atoms with Crippen LogP contribution in [0.4, 0.5) is 15.9 Å². The number of anilines is 2. The van der Waals surface area contributed by atoms with Crippen molar-refractivity contribution in [3.63, 3.8) is 0 Å². The number of hydrogen-bond acceptors (Lipinski definition) is 6. The smallest absolute Gasteiger partial charge is 0.154 e. The molecule has 0 aliphatic carbocycles. The first-order valence-electron chi connectivity index (χ1n) is 12.5. The monoisotopic (exact) mass is 481 g/mol. The quantitative estimate of drug-likeness (QED) is 0.428. The van der Waals surface area contributed by atoms with Gasteiger partial charge < -0.3 is 14.7 Å². The Kier molecular flexibility index (Phi) is 5.78. The summed E-state index contributed by atoms with van der Waals surface area (Å²) in [5, 5.41) is 14.7. The molecule has 0 spiro atoms. The highest BCUT2D eigenvalue weighted by molar-refractivity contribution is 5.72. The number of fused-ring (bicyclic) bond motifs is 1. The van der Waals surface area contributed by atoms with Gasteiger partial charge in [0.2, 0.25) is 0 Å². The molecule has 1 unspecified atom stereocenters. The first-order chi connectivity index (χ1) is 17.6. The van der Waals surface area contributed by atoms with E-state index in [1.807, 2.05) is 41.0 Å². The summed E-state index contributed by atoms with van der Waals surface area (Å²) < 4.78 is 15.8. The minimum atomic E-state index is -0.211. The molecule has 2 aromatic heterocycles. The van der Waals surface area contributed by atoms with E-state index < -0.39 is 0 Å². The van der Waals surface area contributed by atoms with E-state index in [9.17, 15) is 9.65 Å². The largest absolute Gasteiger partial charge is 0.368 e. The van der Waals surface area contributed by atoms with Crippen LogP contribution in [-0.2, 0) is 0 Å². The Morgan fingerprint density at radius 2 is 1.86 bits per heavy atom. The van der Waals surface area contributed by atoms with Crippen LogP contribution in [0.5, 0.6) is 0 Å². The zero-order chi connectivity index (χ0) is 24.6. The van der Waals surface area contributed by atoms with Crippen LogP contribution in [0.1, 0.15) is 30.0 Å². The summed E-state index contributed by atoms with van der Waals surface area (Å²) in [5.41, 5.74) is 5.24. The number of nitrogens with zero attached hydrogens (tertiary/aromatic N) is 7. The molecule has 2 fully saturated rings. The number of halogens is 1. The lowest BCUT2D eigenvalue weighted by Gasteiger charge is -2.34. The van der Waals surface area contributed by atoms with E-state index in [0.29, 0.717) is 5.56 Å². The van der Waals surface area contributed by atoms with Gasteiger partial charge in [-0.3, -0.25) is 0 Å². The standard InChI is InChI=1S/C28H28FN7/c1-33-12-14-34(15-13-33)25-17-21(7-8-22(25)18-30)26-19-31-27-9-10-28(32-36(26)27)35-11-3-6-24(35)20-4-2-5-23(29)16-20/h2,4-5,7-10,16-17,19,24H,3,6,11-15H2,1H3. The van der Waals surface area contributed by atoms with E-state index in [4.69, 9.17) is 5.10 Å². The first kappa shape index (κ1) is 22.5. The lowest BCUT2D eigenvalue weighted by Crippen LogP contribution is -2.44. The normalized spacial score (nSPS) is 18.6. The summed E-state index contributed by atoms with van der Waals surface area (Å²) in [4.78, 5) is 11.4. The molecule has 4 heterocycles. The third-order valence-corrected chi connectivity index (χ3v) is 7.39. The highest BCUT2D eigenvalue weighted by Gasteiger charge is 2.28. The fourth-order valence-electron chi connectivity index (χ4n) is 5.41. The average Bonchev–Trinajstić information content (AvgIpc) is 3.56. The van der Waals surface area contributed by atoms with Gasteiger partial charge >= 0.3 is 0 Å². The van der Waals surface area contributed by atoms with E-state index in [1.54, 1.807) is 12.1 Å². The molecule has 0 amide bonds. The van der Waals surface area contributed by atoms with Gasteiger partial charge in [0.15, 0.2) is 5.65 Å². The average molecular weight is 482 g/mol. The van der Waals surface area contributed by atoms with E-state index in [2.05, 4.69) is 38.9 Å².